The molecule has 6 nitrogen and oxygen atoms in total. The minimum absolute atomic E-state index is 0.0689. The first kappa shape index (κ1) is 25.5. The van der Waals surface area contributed by atoms with Gasteiger partial charge in [0, 0.05) is 17.3 Å². The van der Waals surface area contributed by atoms with Crippen molar-refractivity contribution in [2.45, 2.75) is 52.9 Å². The van der Waals surface area contributed by atoms with Crippen molar-refractivity contribution in [1.82, 2.24) is 5.32 Å². The molecular formula is C21H21ClF3NO5S2. The molecular weight excluding hydrogens is 503 g/mol. The molecule has 2 aromatic carbocycles. The highest BCUT2D eigenvalue weighted by Crippen LogP contribution is 2.34. The molecule has 1 N–H and O–H groups in total. The van der Waals surface area contributed by atoms with Gasteiger partial charge in [0.25, 0.3) is 5.91 Å². The molecule has 0 heterocycles. The van der Waals surface area contributed by atoms with E-state index in [9.17, 15) is 34.8 Å². The van der Waals surface area contributed by atoms with E-state index >= 15 is 0 Å². The van der Waals surface area contributed by atoms with E-state index in [1.54, 1.807) is 0 Å². The van der Waals surface area contributed by atoms with Gasteiger partial charge < -0.3 is 5.32 Å². The van der Waals surface area contributed by atoms with Crippen LogP contribution in [0.2, 0.25) is 5.02 Å². The van der Waals surface area contributed by atoms with E-state index in [1.807, 2.05) is 0 Å². The Morgan fingerprint density at radius 3 is 2.21 bits per heavy atom. The first-order valence-corrected chi connectivity index (χ1v) is 13.7. The van der Waals surface area contributed by atoms with Crippen LogP contribution in [0.5, 0.6) is 0 Å². The van der Waals surface area contributed by atoms with Crippen LogP contribution < -0.4 is 5.32 Å². The van der Waals surface area contributed by atoms with Gasteiger partial charge >= 0.3 is 6.18 Å². The molecule has 0 atom stereocenters. The van der Waals surface area contributed by atoms with E-state index in [-0.39, 0.29) is 46.1 Å². The second-order valence-electron chi connectivity index (χ2n) is 7.93. The molecule has 0 bridgehead atoms. The van der Waals surface area contributed by atoms with Crippen LogP contribution in [0.25, 0.3) is 0 Å². The summed E-state index contributed by atoms with van der Waals surface area (Å²) in [4.78, 5) is 12.1. The van der Waals surface area contributed by atoms with Crippen molar-refractivity contribution >= 4 is 37.2 Å². The van der Waals surface area contributed by atoms with Crippen molar-refractivity contribution in [2.75, 3.05) is 6.26 Å². The fourth-order valence-corrected chi connectivity index (χ4v) is 6.79. The molecule has 12 heteroatoms. The van der Waals surface area contributed by atoms with Crippen LogP contribution >= 0.6 is 11.6 Å². The third-order valence-corrected chi connectivity index (χ3v) is 9.16. The number of rotatable bonds is 5. The standard InChI is InChI=1S/C21H21ClF3NO5S2/c1-32(28,29)19-12-14(22)5-10-18(19)20(27)26-15-6-8-16(9-7-15)33(30,31)17-4-2-3-13(11-17)21(23,24)25/h2-5,10-12,15-16H,6-9H2,1H3,(H,26,27)/t15-,16-. The molecule has 0 aromatic heterocycles. The molecule has 1 fully saturated rings. The first-order valence-electron chi connectivity index (χ1n) is 9.91. The monoisotopic (exact) mass is 523 g/mol. The summed E-state index contributed by atoms with van der Waals surface area (Å²) in [5, 5.41) is 2.00. The third-order valence-electron chi connectivity index (χ3n) is 5.53. The van der Waals surface area contributed by atoms with Crippen LogP contribution in [0.1, 0.15) is 41.6 Å². The van der Waals surface area contributed by atoms with E-state index in [1.165, 1.54) is 18.2 Å². The molecule has 1 aliphatic carbocycles. The van der Waals surface area contributed by atoms with Crippen LogP contribution in [0.3, 0.4) is 0 Å². The number of amides is 1. The first-order chi connectivity index (χ1) is 15.2. The van der Waals surface area contributed by atoms with E-state index in [0.717, 1.165) is 24.5 Å². The lowest BCUT2D eigenvalue weighted by atomic mass is 9.94. The van der Waals surface area contributed by atoms with Gasteiger partial charge in [0.1, 0.15) is 0 Å². The third kappa shape index (κ3) is 5.88. The quantitative estimate of drug-likeness (QED) is 0.631. The normalized spacial score (nSPS) is 19.8. The van der Waals surface area contributed by atoms with Gasteiger partial charge in [-0.25, -0.2) is 16.8 Å². The molecule has 0 spiro atoms. The Labute approximate surface area is 195 Å². The Balaban J connectivity index is 1.70. The summed E-state index contributed by atoms with van der Waals surface area (Å²) in [7, 11) is -7.71. The molecule has 1 aliphatic rings. The average molecular weight is 524 g/mol. The van der Waals surface area contributed by atoms with E-state index in [2.05, 4.69) is 5.32 Å². The van der Waals surface area contributed by atoms with E-state index < -0.39 is 48.6 Å². The number of alkyl halides is 3. The lowest BCUT2D eigenvalue weighted by molar-refractivity contribution is -0.137. The van der Waals surface area contributed by atoms with Crippen LogP contribution in [0.15, 0.2) is 52.3 Å². The predicted octanol–water partition coefficient (Wildman–Crippen LogP) is 4.28. The van der Waals surface area contributed by atoms with Crippen LogP contribution in [-0.4, -0.2) is 40.3 Å². The molecule has 0 unspecified atom stereocenters. The lowest BCUT2D eigenvalue weighted by Gasteiger charge is -2.29. The minimum Gasteiger partial charge on any atom is -0.349 e. The maximum atomic E-state index is 13.0. The summed E-state index contributed by atoms with van der Waals surface area (Å²) in [5.74, 6) is -0.628. The Hall–Kier alpha value is -2.11. The van der Waals surface area contributed by atoms with Gasteiger partial charge in [0.05, 0.1) is 26.2 Å². The number of carbonyl (C=O) groups excluding carboxylic acids is 1. The second-order valence-corrected chi connectivity index (χ2v) is 12.6. The molecule has 1 amide bonds. The number of hydrogen-bond donors (Lipinski definition) is 1. The van der Waals surface area contributed by atoms with Crippen LogP contribution in [-0.2, 0) is 25.9 Å². The summed E-state index contributed by atoms with van der Waals surface area (Å²) in [5.41, 5.74) is -1.10. The van der Waals surface area contributed by atoms with Crippen molar-refractivity contribution < 1.29 is 34.8 Å². The van der Waals surface area contributed by atoms with Crippen molar-refractivity contribution in [2.24, 2.45) is 0 Å². The molecule has 3 rings (SSSR count). The predicted molar refractivity (Wildman–Crippen MR) is 117 cm³/mol. The van der Waals surface area contributed by atoms with Crippen molar-refractivity contribution in [3.63, 3.8) is 0 Å². The van der Waals surface area contributed by atoms with Gasteiger partial charge in [0.2, 0.25) is 0 Å². The summed E-state index contributed by atoms with van der Waals surface area (Å²) in [6.45, 7) is 0. The largest absolute Gasteiger partial charge is 0.416 e. The van der Waals surface area contributed by atoms with E-state index in [4.69, 9.17) is 11.6 Å². The summed E-state index contributed by atoms with van der Waals surface area (Å²) < 4.78 is 88.6. The molecule has 0 saturated heterocycles. The molecule has 1 saturated carbocycles. The highest BCUT2D eigenvalue weighted by molar-refractivity contribution is 7.92. The van der Waals surface area contributed by atoms with Gasteiger partial charge in [-0.15, -0.1) is 0 Å². The topological polar surface area (TPSA) is 97.4 Å². The Morgan fingerprint density at radius 2 is 1.64 bits per heavy atom. The number of halogens is 4. The SMILES string of the molecule is CS(=O)(=O)c1cc(Cl)ccc1C(=O)N[C@H]1CC[C@H](S(=O)(=O)c2cccc(C(F)(F)F)c2)CC1. The number of sulfone groups is 2. The number of hydrogen-bond acceptors (Lipinski definition) is 5. The van der Waals surface area contributed by atoms with E-state index in [0.29, 0.717) is 6.07 Å². The molecule has 2 aromatic rings. The minimum atomic E-state index is -4.65. The number of nitrogens with one attached hydrogen (secondary N) is 1. The maximum Gasteiger partial charge on any atom is 0.416 e. The van der Waals surface area contributed by atoms with Gasteiger partial charge in [-0.2, -0.15) is 13.2 Å². The molecule has 0 aliphatic heterocycles. The highest BCUT2D eigenvalue weighted by atomic mass is 35.5. The van der Waals surface area contributed by atoms with Gasteiger partial charge in [-0.05, 0) is 62.1 Å². The average Bonchev–Trinajstić information content (AvgIpc) is 2.73. The Bertz CT molecular complexity index is 1270. The number of carbonyl (C=O) groups is 1. The second kappa shape index (κ2) is 9.27. The number of benzene rings is 2. The Morgan fingerprint density at radius 1 is 1.00 bits per heavy atom. The fourth-order valence-electron chi connectivity index (χ4n) is 3.81. The van der Waals surface area contributed by atoms with Crippen molar-refractivity contribution in [1.29, 1.82) is 0 Å². The smallest absolute Gasteiger partial charge is 0.349 e. The van der Waals surface area contributed by atoms with Gasteiger partial charge in [-0.3, -0.25) is 4.79 Å². The molecule has 0 radical (unpaired) electrons. The van der Waals surface area contributed by atoms with Crippen LogP contribution in [0, 0.1) is 0 Å². The summed E-state index contributed by atoms with van der Waals surface area (Å²) in [6, 6.07) is 7.13. The lowest BCUT2D eigenvalue weighted by Crippen LogP contribution is -2.40. The van der Waals surface area contributed by atoms with Gasteiger partial charge in [-0.1, -0.05) is 17.7 Å². The van der Waals surface area contributed by atoms with Crippen molar-refractivity contribution in [3.05, 3.63) is 58.6 Å². The highest BCUT2D eigenvalue weighted by Gasteiger charge is 2.36. The van der Waals surface area contributed by atoms with Crippen molar-refractivity contribution in [3.8, 4) is 0 Å². The van der Waals surface area contributed by atoms with Crippen LogP contribution in [0.4, 0.5) is 13.2 Å². The zero-order valence-electron chi connectivity index (χ0n) is 17.4. The molecule has 33 heavy (non-hydrogen) atoms. The fraction of sp³-hybridized carbons (Fsp3) is 0.381. The summed E-state index contributed by atoms with van der Waals surface area (Å²) >= 11 is 5.85. The summed E-state index contributed by atoms with van der Waals surface area (Å²) in [6.07, 6.45) is -2.86. The maximum absolute atomic E-state index is 13.0. The zero-order chi connectivity index (χ0) is 24.6. The van der Waals surface area contributed by atoms with Gasteiger partial charge in [0.15, 0.2) is 19.7 Å². The zero-order valence-corrected chi connectivity index (χ0v) is 19.8. The molecule has 180 valence electrons. The Kier molecular flexibility index (Phi) is 7.16.